The molecule has 22 heavy (non-hydrogen) atoms. The van der Waals surface area contributed by atoms with E-state index in [4.69, 9.17) is 0 Å². The average Bonchev–Trinajstić information content (AvgIpc) is 2.89. The molecule has 2 heterocycles. The highest BCUT2D eigenvalue weighted by Gasteiger charge is 2.30. The molecule has 0 aliphatic carbocycles. The molecule has 0 unspecified atom stereocenters. The first kappa shape index (κ1) is 14.9. The number of benzene rings is 1. The summed E-state index contributed by atoms with van der Waals surface area (Å²) in [7, 11) is 0. The van der Waals surface area contributed by atoms with Crippen molar-refractivity contribution in [2.24, 2.45) is 5.92 Å². The molecule has 114 valence electrons. The van der Waals surface area contributed by atoms with Crippen molar-refractivity contribution in [1.29, 1.82) is 0 Å². The van der Waals surface area contributed by atoms with Crippen LogP contribution in [-0.2, 0) is 6.42 Å². The maximum Gasteiger partial charge on any atom is 0.0710 e. The van der Waals surface area contributed by atoms with Gasteiger partial charge >= 0.3 is 0 Å². The molecule has 1 aromatic carbocycles. The van der Waals surface area contributed by atoms with Gasteiger partial charge in [0.1, 0.15) is 0 Å². The number of likely N-dealkylation sites (tertiary alicyclic amines) is 1. The molecule has 0 amide bonds. The average molecular weight is 294 g/mol. The molecular formula is C19H22N2O. The van der Waals surface area contributed by atoms with E-state index in [-0.39, 0.29) is 6.10 Å². The molecule has 3 heteroatoms. The molecule has 1 N–H and O–H groups in total. The number of aliphatic hydroxyl groups excluding tert-OH is 1. The second kappa shape index (κ2) is 7.34. The fourth-order valence-corrected chi connectivity index (χ4v) is 3.01. The van der Waals surface area contributed by atoms with Gasteiger partial charge in [-0.15, -0.1) is 0 Å². The van der Waals surface area contributed by atoms with E-state index in [1.807, 2.05) is 42.7 Å². The van der Waals surface area contributed by atoms with Gasteiger partial charge in [-0.2, -0.15) is 0 Å². The van der Waals surface area contributed by atoms with E-state index < -0.39 is 0 Å². The molecule has 0 spiro atoms. The van der Waals surface area contributed by atoms with Gasteiger partial charge in [-0.25, -0.2) is 0 Å². The Bertz CT molecular complexity index is 597. The molecule has 3 nitrogen and oxygen atoms in total. The van der Waals surface area contributed by atoms with Gasteiger partial charge in [0, 0.05) is 37.9 Å². The SMILES string of the molecule is O[C@@H]1CN(CC=Cc2ccccc2)C[C@H]1Cc1ccncc1. The van der Waals surface area contributed by atoms with Crippen LogP contribution in [0, 0.1) is 5.92 Å². The summed E-state index contributed by atoms with van der Waals surface area (Å²) in [5.74, 6) is 0.313. The minimum atomic E-state index is -0.238. The standard InChI is InChI=1S/C19H22N2O/c22-19-15-21(12-4-7-16-5-2-1-3-6-16)14-18(19)13-17-8-10-20-11-9-17/h1-11,18-19,22H,12-15H2/t18-,19-/m1/s1. The Morgan fingerprint density at radius 1 is 1.09 bits per heavy atom. The Labute approximate surface area is 131 Å². The van der Waals surface area contributed by atoms with Crippen molar-refractivity contribution in [3.8, 4) is 0 Å². The summed E-state index contributed by atoms with van der Waals surface area (Å²) in [6.07, 6.45) is 8.63. The largest absolute Gasteiger partial charge is 0.391 e. The molecule has 1 aromatic heterocycles. The number of pyridine rings is 1. The van der Waals surface area contributed by atoms with Crippen molar-refractivity contribution >= 4 is 6.08 Å². The summed E-state index contributed by atoms with van der Waals surface area (Å²) in [5.41, 5.74) is 2.47. The second-order valence-corrected chi connectivity index (χ2v) is 5.92. The highest BCUT2D eigenvalue weighted by atomic mass is 16.3. The van der Waals surface area contributed by atoms with Crippen molar-refractivity contribution in [3.05, 3.63) is 72.1 Å². The zero-order chi connectivity index (χ0) is 15.2. The zero-order valence-corrected chi connectivity index (χ0v) is 12.7. The Hall–Kier alpha value is -1.97. The summed E-state index contributed by atoms with van der Waals surface area (Å²) in [5, 5.41) is 10.3. The molecule has 3 rings (SSSR count). The summed E-state index contributed by atoms with van der Waals surface area (Å²) < 4.78 is 0. The smallest absolute Gasteiger partial charge is 0.0710 e. The lowest BCUT2D eigenvalue weighted by Gasteiger charge is -2.13. The van der Waals surface area contributed by atoms with Gasteiger partial charge in [0.15, 0.2) is 0 Å². The van der Waals surface area contributed by atoms with Crippen LogP contribution in [0.5, 0.6) is 0 Å². The fraction of sp³-hybridized carbons (Fsp3) is 0.316. The third-order valence-corrected chi connectivity index (χ3v) is 4.20. The third-order valence-electron chi connectivity index (χ3n) is 4.20. The Morgan fingerprint density at radius 2 is 1.86 bits per heavy atom. The van der Waals surface area contributed by atoms with Gasteiger partial charge in [-0.1, -0.05) is 42.5 Å². The predicted molar refractivity (Wildman–Crippen MR) is 89.4 cm³/mol. The number of hydrogen-bond donors (Lipinski definition) is 1. The summed E-state index contributed by atoms with van der Waals surface area (Å²) in [6, 6.07) is 14.4. The summed E-state index contributed by atoms with van der Waals surface area (Å²) in [4.78, 5) is 6.36. The van der Waals surface area contributed by atoms with Crippen LogP contribution in [0.25, 0.3) is 6.08 Å². The second-order valence-electron chi connectivity index (χ2n) is 5.92. The van der Waals surface area contributed by atoms with Crippen molar-refractivity contribution in [1.82, 2.24) is 9.88 Å². The van der Waals surface area contributed by atoms with E-state index in [0.717, 1.165) is 26.1 Å². The molecule has 0 bridgehead atoms. The van der Waals surface area contributed by atoms with Crippen molar-refractivity contribution < 1.29 is 5.11 Å². The van der Waals surface area contributed by atoms with E-state index in [9.17, 15) is 5.11 Å². The number of β-amino-alcohol motifs (C(OH)–C–C–N with tert-alkyl or cyclic N) is 1. The van der Waals surface area contributed by atoms with E-state index in [0.29, 0.717) is 5.92 Å². The summed E-state index contributed by atoms with van der Waals surface area (Å²) >= 11 is 0. The van der Waals surface area contributed by atoms with Crippen molar-refractivity contribution in [2.45, 2.75) is 12.5 Å². The molecule has 0 radical (unpaired) electrons. The number of nitrogens with zero attached hydrogens (tertiary/aromatic N) is 2. The highest BCUT2D eigenvalue weighted by Crippen LogP contribution is 2.21. The van der Waals surface area contributed by atoms with Crippen LogP contribution in [0.4, 0.5) is 0 Å². The molecular weight excluding hydrogens is 272 g/mol. The third kappa shape index (κ3) is 4.03. The number of rotatable bonds is 5. The number of aromatic nitrogens is 1. The predicted octanol–water partition coefficient (Wildman–Crippen LogP) is 2.63. The molecule has 2 aromatic rings. The Kier molecular flexibility index (Phi) is 4.99. The lowest BCUT2D eigenvalue weighted by molar-refractivity contribution is 0.142. The van der Waals surface area contributed by atoms with Crippen LogP contribution in [0.2, 0.25) is 0 Å². The first-order valence-electron chi connectivity index (χ1n) is 7.82. The van der Waals surface area contributed by atoms with Gasteiger partial charge < -0.3 is 5.11 Å². The van der Waals surface area contributed by atoms with E-state index >= 15 is 0 Å². The highest BCUT2D eigenvalue weighted by molar-refractivity contribution is 5.48. The zero-order valence-electron chi connectivity index (χ0n) is 12.7. The number of hydrogen-bond acceptors (Lipinski definition) is 3. The minimum Gasteiger partial charge on any atom is -0.391 e. The topological polar surface area (TPSA) is 36.4 Å². The van der Waals surface area contributed by atoms with Crippen LogP contribution in [0.3, 0.4) is 0 Å². The van der Waals surface area contributed by atoms with Crippen molar-refractivity contribution in [3.63, 3.8) is 0 Å². The Balaban J connectivity index is 1.51. The van der Waals surface area contributed by atoms with Gasteiger partial charge in [0.05, 0.1) is 6.10 Å². The van der Waals surface area contributed by atoms with Crippen LogP contribution >= 0.6 is 0 Å². The minimum absolute atomic E-state index is 0.238. The van der Waals surface area contributed by atoms with Gasteiger partial charge in [0.2, 0.25) is 0 Å². The van der Waals surface area contributed by atoms with Crippen LogP contribution in [0.1, 0.15) is 11.1 Å². The number of aliphatic hydroxyl groups is 1. The quantitative estimate of drug-likeness (QED) is 0.921. The molecule has 1 aliphatic heterocycles. The van der Waals surface area contributed by atoms with Crippen LogP contribution in [-0.4, -0.2) is 40.7 Å². The maximum atomic E-state index is 10.3. The van der Waals surface area contributed by atoms with Crippen LogP contribution < -0.4 is 0 Å². The molecule has 1 saturated heterocycles. The van der Waals surface area contributed by atoms with Crippen LogP contribution in [0.15, 0.2) is 60.9 Å². The van der Waals surface area contributed by atoms with Gasteiger partial charge in [0.25, 0.3) is 0 Å². The summed E-state index contributed by atoms with van der Waals surface area (Å²) in [6.45, 7) is 2.59. The maximum absolute atomic E-state index is 10.3. The Morgan fingerprint density at radius 3 is 2.64 bits per heavy atom. The normalized spacial score (nSPS) is 22.4. The first-order valence-corrected chi connectivity index (χ1v) is 7.82. The van der Waals surface area contributed by atoms with Gasteiger partial charge in [-0.3, -0.25) is 9.88 Å². The monoisotopic (exact) mass is 294 g/mol. The molecule has 1 fully saturated rings. The fourth-order valence-electron chi connectivity index (χ4n) is 3.01. The lowest BCUT2D eigenvalue weighted by Crippen LogP contribution is -2.21. The molecule has 0 saturated carbocycles. The van der Waals surface area contributed by atoms with Gasteiger partial charge in [-0.05, 0) is 29.7 Å². The molecule has 2 atom stereocenters. The van der Waals surface area contributed by atoms with E-state index in [2.05, 4.69) is 34.2 Å². The van der Waals surface area contributed by atoms with E-state index in [1.165, 1.54) is 11.1 Å². The van der Waals surface area contributed by atoms with Crippen molar-refractivity contribution in [2.75, 3.05) is 19.6 Å². The lowest BCUT2D eigenvalue weighted by atomic mass is 9.97. The first-order chi connectivity index (χ1) is 10.8. The molecule has 1 aliphatic rings. The van der Waals surface area contributed by atoms with E-state index in [1.54, 1.807) is 0 Å².